The fourth-order valence-corrected chi connectivity index (χ4v) is 2.96. The SMILES string of the molecule is COc1ccc(OC)c(/C=C2\C(=O)NC(=O)N(c3cc(OC)ccc3OC)C2=O)c1. The van der Waals surface area contributed by atoms with Gasteiger partial charge in [0.25, 0.3) is 11.8 Å². The Hall–Kier alpha value is -4.01. The molecule has 1 saturated heterocycles. The van der Waals surface area contributed by atoms with Crippen LogP contribution in [0.4, 0.5) is 10.5 Å². The molecule has 1 aliphatic heterocycles. The molecule has 0 aromatic heterocycles. The van der Waals surface area contributed by atoms with Crippen LogP contribution in [0, 0.1) is 0 Å². The molecule has 0 unspecified atom stereocenters. The highest BCUT2D eigenvalue weighted by atomic mass is 16.5. The first-order valence-corrected chi connectivity index (χ1v) is 8.79. The third-order valence-electron chi connectivity index (χ3n) is 4.47. The number of carbonyl (C=O) groups excluding carboxylic acids is 3. The molecule has 0 spiro atoms. The largest absolute Gasteiger partial charge is 0.497 e. The number of carbonyl (C=O) groups is 3. The van der Waals surface area contributed by atoms with Crippen LogP contribution in [0.3, 0.4) is 0 Å². The maximum absolute atomic E-state index is 13.2. The molecule has 2 aromatic rings. The van der Waals surface area contributed by atoms with Gasteiger partial charge in [0, 0.05) is 11.6 Å². The number of rotatable bonds is 6. The molecular weight excluding hydrogens is 392 g/mol. The van der Waals surface area contributed by atoms with Crippen molar-refractivity contribution in [2.45, 2.75) is 0 Å². The van der Waals surface area contributed by atoms with Crippen molar-refractivity contribution in [2.24, 2.45) is 0 Å². The lowest BCUT2D eigenvalue weighted by molar-refractivity contribution is -0.122. The molecule has 1 heterocycles. The number of amides is 4. The molecule has 0 bridgehead atoms. The Labute approximate surface area is 172 Å². The Balaban J connectivity index is 2.12. The van der Waals surface area contributed by atoms with Crippen LogP contribution in [0.5, 0.6) is 23.0 Å². The monoisotopic (exact) mass is 412 g/mol. The number of ether oxygens (including phenoxy) is 4. The van der Waals surface area contributed by atoms with Crippen molar-refractivity contribution in [1.29, 1.82) is 0 Å². The highest BCUT2D eigenvalue weighted by molar-refractivity contribution is 6.39. The first-order chi connectivity index (χ1) is 14.4. The van der Waals surface area contributed by atoms with Crippen molar-refractivity contribution < 1.29 is 33.3 Å². The van der Waals surface area contributed by atoms with Gasteiger partial charge in [-0.1, -0.05) is 0 Å². The maximum Gasteiger partial charge on any atom is 0.336 e. The summed E-state index contributed by atoms with van der Waals surface area (Å²) < 4.78 is 20.9. The van der Waals surface area contributed by atoms with Crippen molar-refractivity contribution in [3.8, 4) is 23.0 Å². The lowest BCUT2D eigenvalue weighted by atomic mass is 10.1. The van der Waals surface area contributed by atoms with E-state index in [0.29, 0.717) is 22.8 Å². The highest BCUT2D eigenvalue weighted by Gasteiger charge is 2.38. The van der Waals surface area contributed by atoms with Gasteiger partial charge in [0.05, 0.1) is 34.1 Å². The Morgan fingerprint density at radius 2 is 1.40 bits per heavy atom. The number of nitrogens with zero attached hydrogens (tertiary/aromatic N) is 1. The number of imide groups is 2. The quantitative estimate of drug-likeness (QED) is 0.574. The first-order valence-electron chi connectivity index (χ1n) is 8.79. The predicted molar refractivity (Wildman–Crippen MR) is 108 cm³/mol. The molecule has 0 aliphatic carbocycles. The molecule has 9 nitrogen and oxygen atoms in total. The van der Waals surface area contributed by atoms with Gasteiger partial charge < -0.3 is 18.9 Å². The fourth-order valence-electron chi connectivity index (χ4n) is 2.96. The molecule has 156 valence electrons. The standard InChI is InChI=1S/C21H20N2O7/c1-27-13-5-7-17(29-3)12(9-13)10-15-19(24)22-21(26)23(20(15)25)16-11-14(28-2)6-8-18(16)30-4/h5-11H,1-4H3,(H,22,24,26)/b15-10+. The second-order valence-corrected chi connectivity index (χ2v) is 6.10. The third-order valence-corrected chi connectivity index (χ3v) is 4.47. The molecule has 0 radical (unpaired) electrons. The number of urea groups is 1. The Morgan fingerprint density at radius 1 is 0.800 bits per heavy atom. The van der Waals surface area contributed by atoms with Crippen molar-refractivity contribution in [2.75, 3.05) is 33.3 Å². The lowest BCUT2D eigenvalue weighted by Gasteiger charge is -2.27. The normalized spacial score (nSPS) is 15.1. The number of methoxy groups -OCH3 is 4. The number of nitrogens with one attached hydrogen (secondary N) is 1. The smallest absolute Gasteiger partial charge is 0.336 e. The van der Waals surface area contributed by atoms with Gasteiger partial charge in [-0.2, -0.15) is 0 Å². The first kappa shape index (κ1) is 20.7. The summed E-state index contributed by atoms with van der Waals surface area (Å²) in [6.07, 6.45) is 1.34. The molecule has 3 rings (SSSR count). The van der Waals surface area contributed by atoms with E-state index in [1.165, 1.54) is 40.6 Å². The van der Waals surface area contributed by atoms with Crippen molar-refractivity contribution in [3.63, 3.8) is 0 Å². The van der Waals surface area contributed by atoms with Gasteiger partial charge in [-0.25, -0.2) is 9.69 Å². The third kappa shape index (κ3) is 3.77. The van der Waals surface area contributed by atoms with Crippen LogP contribution in [0.25, 0.3) is 6.08 Å². The minimum Gasteiger partial charge on any atom is -0.497 e. The molecule has 1 N–H and O–H groups in total. The average Bonchev–Trinajstić information content (AvgIpc) is 2.76. The van der Waals surface area contributed by atoms with Gasteiger partial charge in [-0.15, -0.1) is 0 Å². The molecule has 0 saturated carbocycles. The van der Waals surface area contributed by atoms with Gasteiger partial charge in [0.1, 0.15) is 28.6 Å². The molecule has 4 amide bonds. The van der Waals surface area contributed by atoms with Crippen molar-refractivity contribution in [1.82, 2.24) is 5.32 Å². The zero-order valence-electron chi connectivity index (χ0n) is 16.8. The molecule has 30 heavy (non-hydrogen) atoms. The molecule has 1 aliphatic rings. The van der Waals surface area contributed by atoms with Crippen LogP contribution in [-0.4, -0.2) is 46.3 Å². The number of anilines is 1. The molecule has 9 heteroatoms. The van der Waals surface area contributed by atoms with E-state index in [-0.39, 0.29) is 17.0 Å². The van der Waals surface area contributed by atoms with Crippen LogP contribution in [-0.2, 0) is 9.59 Å². The molecule has 2 aromatic carbocycles. The summed E-state index contributed by atoms with van der Waals surface area (Å²) in [5, 5.41) is 2.17. The number of hydrogen-bond donors (Lipinski definition) is 1. The van der Waals surface area contributed by atoms with E-state index < -0.39 is 17.8 Å². The summed E-state index contributed by atoms with van der Waals surface area (Å²) in [5.74, 6) is -0.0524. The number of benzene rings is 2. The molecule has 0 atom stereocenters. The van der Waals surface area contributed by atoms with Crippen LogP contribution < -0.4 is 29.2 Å². The van der Waals surface area contributed by atoms with E-state index in [1.54, 1.807) is 30.3 Å². The topological polar surface area (TPSA) is 103 Å². The Kier molecular flexibility index (Phi) is 5.91. The minimum absolute atomic E-state index is 0.135. The van der Waals surface area contributed by atoms with Gasteiger partial charge in [-0.3, -0.25) is 14.9 Å². The maximum atomic E-state index is 13.2. The van der Waals surface area contributed by atoms with Crippen molar-refractivity contribution in [3.05, 3.63) is 47.5 Å². The highest BCUT2D eigenvalue weighted by Crippen LogP contribution is 2.35. The van der Waals surface area contributed by atoms with E-state index in [1.807, 2.05) is 0 Å². The summed E-state index contributed by atoms with van der Waals surface area (Å²) in [4.78, 5) is 39.0. The van der Waals surface area contributed by atoms with Gasteiger partial charge in [0.15, 0.2) is 0 Å². The van der Waals surface area contributed by atoms with Gasteiger partial charge >= 0.3 is 6.03 Å². The van der Waals surface area contributed by atoms with E-state index in [4.69, 9.17) is 18.9 Å². The summed E-state index contributed by atoms with van der Waals surface area (Å²) in [7, 11) is 5.81. The number of barbiturate groups is 1. The van der Waals surface area contributed by atoms with Crippen LogP contribution >= 0.6 is 0 Å². The van der Waals surface area contributed by atoms with E-state index in [2.05, 4.69) is 5.32 Å². The van der Waals surface area contributed by atoms with Crippen molar-refractivity contribution >= 4 is 29.6 Å². The summed E-state index contributed by atoms with van der Waals surface area (Å²) in [5.41, 5.74) is 0.309. The van der Waals surface area contributed by atoms with Gasteiger partial charge in [0.2, 0.25) is 0 Å². The fraction of sp³-hybridized carbons (Fsp3) is 0.190. The van der Waals surface area contributed by atoms with E-state index >= 15 is 0 Å². The number of hydrogen-bond acceptors (Lipinski definition) is 7. The van der Waals surface area contributed by atoms with Crippen LogP contribution in [0.15, 0.2) is 42.0 Å². The second kappa shape index (κ2) is 8.56. The Bertz CT molecular complexity index is 1050. The zero-order chi connectivity index (χ0) is 21.8. The van der Waals surface area contributed by atoms with Crippen LogP contribution in [0.1, 0.15) is 5.56 Å². The van der Waals surface area contributed by atoms with E-state index in [0.717, 1.165) is 4.90 Å². The molecular formula is C21H20N2O7. The summed E-state index contributed by atoms with van der Waals surface area (Å²) in [6.45, 7) is 0. The van der Waals surface area contributed by atoms with Crippen LogP contribution in [0.2, 0.25) is 0 Å². The van der Waals surface area contributed by atoms with Gasteiger partial charge in [-0.05, 0) is 36.4 Å². The average molecular weight is 412 g/mol. The summed E-state index contributed by atoms with van der Waals surface area (Å²) in [6, 6.07) is 8.68. The lowest BCUT2D eigenvalue weighted by Crippen LogP contribution is -2.54. The zero-order valence-corrected chi connectivity index (χ0v) is 16.8. The Morgan fingerprint density at radius 3 is 2.00 bits per heavy atom. The summed E-state index contributed by atoms with van der Waals surface area (Å²) >= 11 is 0. The van der Waals surface area contributed by atoms with E-state index in [9.17, 15) is 14.4 Å². The molecule has 1 fully saturated rings. The predicted octanol–water partition coefficient (Wildman–Crippen LogP) is 2.39. The minimum atomic E-state index is -0.897. The second-order valence-electron chi connectivity index (χ2n) is 6.10.